The van der Waals surface area contributed by atoms with E-state index in [2.05, 4.69) is 38.2 Å². The van der Waals surface area contributed by atoms with Crippen LogP contribution in [0.1, 0.15) is 328 Å². The number of phosphoric acid groups is 1. The van der Waals surface area contributed by atoms with Crippen molar-refractivity contribution in [2.45, 2.75) is 335 Å². The third-order valence-corrected chi connectivity index (χ3v) is 15.7. The molecule has 0 aliphatic carbocycles. The molecule has 10 heteroatoms. The minimum absolute atomic E-state index is 0.0315. The van der Waals surface area contributed by atoms with E-state index in [1.807, 2.05) is 21.1 Å². The minimum Gasteiger partial charge on any atom is -0.756 e. The molecule has 0 aromatic heterocycles. The Morgan fingerprint density at radius 1 is 0.413 bits per heavy atom. The third-order valence-electron chi connectivity index (χ3n) is 14.7. The van der Waals surface area contributed by atoms with E-state index in [4.69, 9.17) is 18.5 Å². The maximum atomic E-state index is 12.7. The van der Waals surface area contributed by atoms with Crippen LogP contribution in [0.3, 0.4) is 0 Å². The Labute approximate surface area is 466 Å². The summed E-state index contributed by atoms with van der Waals surface area (Å²) in [7, 11) is 1.17. The van der Waals surface area contributed by atoms with Gasteiger partial charge in [0.05, 0.1) is 27.7 Å². The van der Waals surface area contributed by atoms with Gasteiger partial charge >= 0.3 is 11.9 Å². The van der Waals surface area contributed by atoms with Gasteiger partial charge in [0, 0.05) is 12.8 Å². The molecular formula is C65H126NO8P. The van der Waals surface area contributed by atoms with Crippen molar-refractivity contribution in [1.82, 2.24) is 0 Å². The molecule has 0 spiro atoms. The van der Waals surface area contributed by atoms with Crippen molar-refractivity contribution in [2.75, 3.05) is 47.5 Å². The number of carbonyl (C=O) groups is 2. The number of carbonyl (C=O) groups excluding carboxylic acids is 2. The van der Waals surface area contributed by atoms with Crippen molar-refractivity contribution < 1.29 is 42.1 Å². The number of esters is 2. The van der Waals surface area contributed by atoms with E-state index >= 15 is 0 Å². The van der Waals surface area contributed by atoms with E-state index in [1.165, 1.54) is 231 Å². The summed E-state index contributed by atoms with van der Waals surface area (Å²) < 4.78 is 34.1. The lowest BCUT2D eigenvalue weighted by molar-refractivity contribution is -0.870. The summed E-state index contributed by atoms with van der Waals surface area (Å²) in [5.74, 6) is -0.835. The molecule has 75 heavy (non-hydrogen) atoms. The van der Waals surface area contributed by atoms with Crippen LogP contribution in [0.4, 0.5) is 0 Å². The molecule has 0 aliphatic heterocycles. The van der Waals surface area contributed by atoms with Gasteiger partial charge < -0.3 is 27.9 Å². The Hall–Kier alpha value is -1.51. The lowest BCUT2D eigenvalue weighted by atomic mass is 10.0. The van der Waals surface area contributed by atoms with Gasteiger partial charge in [0.15, 0.2) is 6.10 Å². The van der Waals surface area contributed by atoms with Gasteiger partial charge in [-0.3, -0.25) is 14.2 Å². The molecule has 0 aliphatic rings. The monoisotopic (exact) mass is 1080 g/mol. The van der Waals surface area contributed by atoms with Crippen LogP contribution < -0.4 is 4.89 Å². The van der Waals surface area contributed by atoms with Crippen LogP contribution in [0, 0.1) is 0 Å². The van der Waals surface area contributed by atoms with E-state index in [-0.39, 0.29) is 32.0 Å². The molecule has 0 rings (SSSR count). The second-order valence-corrected chi connectivity index (χ2v) is 24.9. The van der Waals surface area contributed by atoms with Crippen molar-refractivity contribution in [3.8, 4) is 0 Å². The van der Waals surface area contributed by atoms with E-state index < -0.39 is 26.5 Å². The molecule has 2 unspecified atom stereocenters. The average Bonchev–Trinajstić information content (AvgIpc) is 3.37. The van der Waals surface area contributed by atoms with Gasteiger partial charge in [-0.1, -0.05) is 301 Å². The van der Waals surface area contributed by atoms with E-state index in [0.717, 1.165) is 64.2 Å². The Balaban J connectivity index is 3.86. The Morgan fingerprint density at radius 3 is 1.09 bits per heavy atom. The number of rotatable bonds is 61. The first-order valence-electron chi connectivity index (χ1n) is 32.5. The van der Waals surface area contributed by atoms with Crippen LogP contribution in [0.2, 0.25) is 0 Å². The van der Waals surface area contributed by atoms with Gasteiger partial charge in [-0.15, -0.1) is 0 Å². The summed E-state index contributed by atoms with van der Waals surface area (Å²) in [6.45, 7) is 4.23. The third kappa shape index (κ3) is 61.6. The summed E-state index contributed by atoms with van der Waals surface area (Å²) in [5.41, 5.74) is 0. The fraction of sp³-hybridized carbons (Fsp3) is 0.908. The predicted octanol–water partition coefficient (Wildman–Crippen LogP) is 19.9. The van der Waals surface area contributed by atoms with Crippen molar-refractivity contribution in [3.05, 3.63) is 24.3 Å². The highest BCUT2D eigenvalue weighted by molar-refractivity contribution is 7.45. The van der Waals surface area contributed by atoms with Gasteiger partial charge in [0.25, 0.3) is 7.82 Å². The fourth-order valence-electron chi connectivity index (χ4n) is 9.68. The minimum atomic E-state index is -4.63. The zero-order valence-corrected chi connectivity index (χ0v) is 51.4. The molecule has 0 saturated heterocycles. The number of nitrogens with zero attached hydrogens (tertiary/aromatic N) is 1. The maximum absolute atomic E-state index is 12.7. The molecule has 0 fully saturated rings. The molecular weight excluding hydrogens is 954 g/mol. The van der Waals surface area contributed by atoms with Gasteiger partial charge in [0.1, 0.15) is 19.8 Å². The molecule has 9 nitrogen and oxygen atoms in total. The average molecular weight is 1080 g/mol. The summed E-state index contributed by atoms with van der Waals surface area (Å²) in [5, 5.41) is 0. The van der Waals surface area contributed by atoms with Crippen molar-refractivity contribution in [2.24, 2.45) is 0 Å². The number of hydrogen-bond donors (Lipinski definition) is 0. The van der Waals surface area contributed by atoms with Crippen LogP contribution in [0.5, 0.6) is 0 Å². The maximum Gasteiger partial charge on any atom is 0.306 e. The molecule has 444 valence electrons. The standard InChI is InChI=1S/C65H126NO8P/c1-6-8-10-12-14-16-18-20-22-23-24-25-26-27-28-29-30-31-32-33-34-35-36-37-38-39-40-41-42-43-44-46-47-49-51-53-55-57-64(67)71-61-63(62-73-75(69,70)72-60-59-66(3,4)5)74-65(68)58-56-54-52-50-48-45-21-19-17-15-13-11-9-7-2/h13,15,19,21,63H,6-12,14,16-18,20,22-62H2,1-5H3/b15-13-,21-19-. The number of ether oxygens (including phenoxy) is 2. The topological polar surface area (TPSA) is 111 Å². The first kappa shape index (κ1) is 73.5. The Bertz CT molecular complexity index is 1320. The number of phosphoric ester groups is 1. The smallest absolute Gasteiger partial charge is 0.306 e. The van der Waals surface area contributed by atoms with Crippen LogP contribution in [0.25, 0.3) is 0 Å². The first-order valence-corrected chi connectivity index (χ1v) is 34.0. The van der Waals surface area contributed by atoms with E-state index in [1.54, 1.807) is 0 Å². The quantitative estimate of drug-likeness (QED) is 0.0195. The molecule has 0 bridgehead atoms. The predicted molar refractivity (Wildman–Crippen MR) is 319 cm³/mol. The second-order valence-electron chi connectivity index (χ2n) is 23.5. The lowest BCUT2D eigenvalue weighted by Crippen LogP contribution is -2.37. The lowest BCUT2D eigenvalue weighted by Gasteiger charge is -2.28. The number of likely N-dealkylation sites (N-methyl/N-ethyl adjacent to an activating group) is 1. The Kier molecular flexibility index (Phi) is 56.0. The summed E-state index contributed by atoms with van der Waals surface area (Å²) in [4.78, 5) is 37.8. The molecule has 0 saturated carbocycles. The highest BCUT2D eigenvalue weighted by Gasteiger charge is 2.22. The zero-order valence-electron chi connectivity index (χ0n) is 50.5. The molecule has 0 aromatic rings. The molecule has 0 radical (unpaired) electrons. The van der Waals surface area contributed by atoms with Crippen LogP contribution in [-0.2, 0) is 32.7 Å². The summed E-state index contributed by atoms with van der Waals surface area (Å²) >= 11 is 0. The Morgan fingerprint density at radius 2 is 0.733 bits per heavy atom. The van der Waals surface area contributed by atoms with Crippen LogP contribution in [0.15, 0.2) is 24.3 Å². The summed E-state index contributed by atoms with van der Waals surface area (Å²) in [6.07, 6.45) is 70.0. The normalized spacial score (nSPS) is 13.3. The van der Waals surface area contributed by atoms with Gasteiger partial charge in [-0.05, 0) is 38.5 Å². The summed E-state index contributed by atoms with van der Waals surface area (Å²) in [6, 6.07) is 0. The van der Waals surface area contributed by atoms with E-state index in [9.17, 15) is 19.0 Å². The number of allylic oxidation sites excluding steroid dienone is 4. The van der Waals surface area contributed by atoms with Gasteiger partial charge in [-0.25, -0.2) is 0 Å². The molecule has 0 aromatic carbocycles. The highest BCUT2D eigenvalue weighted by atomic mass is 31.2. The highest BCUT2D eigenvalue weighted by Crippen LogP contribution is 2.38. The number of hydrogen-bond acceptors (Lipinski definition) is 8. The molecule has 0 amide bonds. The molecule has 0 heterocycles. The second kappa shape index (κ2) is 57.2. The van der Waals surface area contributed by atoms with Crippen LogP contribution >= 0.6 is 7.82 Å². The van der Waals surface area contributed by atoms with Gasteiger partial charge in [-0.2, -0.15) is 0 Å². The molecule has 2 atom stereocenters. The SMILES string of the molecule is CCCC/C=C\C/C=C\CCCCCCCC(=O)OC(COC(=O)CCCCCCCCCCCCCCCCCCCCCCCCCCCCCCCCCCCCCCC)COP(=O)([O-])OCC[N+](C)(C)C. The van der Waals surface area contributed by atoms with Crippen molar-refractivity contribution >= 4 is 19.8 Å². The number of unbranched alkanes of at least 4 members (excludes halogenated alkanes) is 43. The molecule has 0 N–H and O–H groups in total. The van der Waals surface area contributed by atoms with E-state index in [0.29, 0.717) is 17.4 Å². The van der Waals surface area contributed by atoms with Crippen LogP contribution in [-0.4, -0.2) is 70.0 Å². The fourth-order valence-corrected chi connectivity index (χ4v) is 10.4. The zero-order chi connectivity index (χ0) is 54.9. The van der Waals surface area contributed by atoms with Crippen molar-refractivity contribution in [3.63, 3.8) is 0 Å². The van der Waals surface area contributed by atoms with Crippen molar-refractivity contribution in [1.29, 1.82) is 0 Å². The number of quaternary nitrogens is 1. The first-order chi connectivity index (χ1) is 36.5. The largest absolute Gasteiger partial charge is 0.756 e. The van der Waals surface area contributed by atoms with Gasteiger partial charge in [0.2, 0.25) is 0 Å².